The van der Waals surface area contributed by atoms with Gasteiger partial charge in [0.05, 0.1) is 13.7 Å². The van der Waals surface area contributed by atoms with Crippen LogP contribution in [0.1, 0.15) is 18.4 Å². The molecule has 0 spiro atoms. The van der Waals surface area contributed by atoms with E-state index < -0.39 is 0 Å². The molecule has 1 rings (SSSR count). The predicted molar refractivity (Wildman–Crippen MR) is 71.8 cm³/mol. The third-order valence-electron chi connectivity index (χ3n) is 2.69. The topological polar surface area (TPSA) is 47.6 Å². The summed E-state index contributed by atoms with van der Waals surface area (Å²) in [6, 6.07) is 8.15. The summed E-state index contributed by atoms with van der Waals surface area (Å²) in [6.07, 6.45) is 2.10. The van der Waals surface area contributed by atoms with Gasteiger partial charge in [-0.1, -0.05) is 18.2 Å². The van der Waals surface area contributed by atoms with Gasteiger partial charge in [0.2, 0.25) is 0 Å². The second-order valence-corrected chi connectivity index (χ2v) is 4.01. The van der Waals surface area contributed by atoms with Gasteiger partial charge in [-0.25, -0.2) is 0 Å². The molecule has 1 aromatic rings. The molecule has 1 aromatic carbocycles. The number of esters is 1. The first kappa shape index (κ1) is 14.5. The molecule has 18 heavy (non-hydrogen) atoms. The number of hydrogen-bond donors (Lipinski definition) is 1. The van der Waals surface area contributed by atoms with Crippen molar-refractivity contribution in [3.63, 3.8) is 0 Å². The van der Waals surface area contributed by atoms with E-state index in [9.17, 15) is 4.79 Å². The van der Waals surface area contributed by atoms with Gasteiger partial charge in [0.1, 0.15) is 0 Å². The average Bonchev–Trinajstić information content (AvgIpc) is 2.42. The van der Waals surface area contributed by atoms with Crippen LogP contribution in [0.4, 0.5) is 5.69 Å². The molecule has 0 saturated carbocycles. The molecular weight excluding hydrogens is 230 g/mol. The molecule has 0 aromatic heterocycles. The van der Waals surface area contributed by atoms with Crippen molar-refractivity contribution in [2.75, 3.05) is 32.7 Å². The van der Waals surface area contributed by atoms with Gasteiger partial charge in [0.15, 0.2) is 0 Å². The zero-order chi connectivity index (χ0) is 13.2. The fourth-order valence-corrected chi connectivity index (χ4v) is 1.68. The summed E-state index contributed by atoms with van der Waals surface area (Å²) in [5.41, 5.74) is 2.34. The van der Waals surface area contributed by atoms with Gasteiger partial charge < -0.3 is 14.8 Å². The Morgan fingerprint density at radius 2 is 2.06 bits per heavy atom. The van der Waals surface area contributed by atoms with Crippen LogP contribution in [0.5, 0.6) is 0 Å². The smallest absolute Gasteiger partial charge is 0.305 e. The Balaban J connectivity index is 2.38. The van der Waals surface area contributed by atoms with Crippen molar-refractivity contribution < 1.29 is 14.3 Å². The Kier molecular flexibility index (Phi) is 6.87. The maximum Gasteiger partial charge on any atom is 0.305 e. The number of carbonyl (C=O) groups excluding carboxylic acids is 1. The van der Waals surface area contributed by atoms with Crippen LogP contribution in [-0.2, 0) is 20.7 Å². The summed E-state index contributed by atoms with van der Waals surface area (Å²) >= 11 is 0. The number of methoxy groups -OCH3 is 2. The first-order valence-electron chi connectivity index (χ1n) is 6.15. The van der Waals surface area contributed by atoms with Gasteiger partial charge in [-0.05, 0) is 24.5 Å². The number of ether oxygens (including phenoxy) is 2. The Bertz CT molecular complexity index is 366. The van der Waals surface area contributed by atoms with E-state index in [4.69, 9.17) is 4.74 Å². The molecule has 0 fully saturated rings. The van der Waals surface area contributed by atoms with Gasteiger partial charge in [-0.2, -0.15) is 0 Å². The Labute approximate surface area is 108 Å². The lowest BCUT2D eigenvalue weighted by molar-refractivity contribution is -0.140. The van der Waals surface area contributed by atoms with Crippen LogP contribution in [0, 0.1) is 0 Å². The van der Waals surface area contributed by atoms with E-state index >= 15 is 0 Å². The summed E-state index contributed by atoms with van der Waals surface area (Å²) in [5.74, 6) is -0.163. The highest BCUT2D eigenvalue weighted by Crippen LogP contribution is 2.15. The Morgan fingerprint density at radius 1 is 1.28 bits per heavy atom. The van der Waals surface area contributed by atoms with Crippen LogP contribution in [-0.4, -0.2) is 33.3 Å². The first-order chi connectivity index (χ1) is 8.77. The first-order valence-corrected chi connectivity index (χ1v) is 6.15. The van der Waals surface area contributed by atoms with E-state index in [1.54, 1.807) is 7.11 Å². The maximum atomic E-state index is 11.0. The quantitative estimate of drug-likeness (QED) is 0.568. The van der Waals surface area contributed by atoms with Crippen molar-refractivity contribution in [1.29, 1.82) is 0 Å². The number of anilines is 1. The van der Waals surface area contributed by atoms with Gasteiger partial charge in [-0.15, -0.1) is 0 Å². The largest absolute Gasteiger partial charge is 0.469 e. The molecule has 4 nitrogen and oxygen atoms in total. The van der Waals surface area contributed by atoms with Crippen molar-refractivity contribution in [2.45, 2.75) is 19.3 Å². The van der Waals surface area contributed by atoms with Crippen molar-refractivity contribution in [3.8, 4) is 0 Å². The Hall–Kier alpha value is -1.55. The molecule has 0 saturated heterocycles. The molecule has 0 aliphatic heterocycles. The second-order valence-electron chi connectivity index (χ2n) is 4.01. The van der Waals surface area contributed by atoms with Crippen LogP contribution in [0.2, 0.25) is 0 Å². The third kappa shape index (κ3) is 5.19. The number of para-hydroxylation sites is 1. The fourth-order valence-electron chi connectivity index (χ4n) is 1.68. The molecule has 0 bridgehead atoms. The van der Waals surface area contributed by atoms with Gasteiger partial charge in [-0.3, -0.25) is 4.79 Å². The van der Waals surface area contributed by atoms with Crippen LogP contribution in [0.25, 0.3) is 0 Å². The zero-order valence-electron chi connectivity index (χ0n) is 11.1. The van der Waals surface area contributed by atoms with Crippen molar-refractivity contribution in [1.82, 2.24) is 0 Å². The minimum Gasteiger partial charge on any atom is -0.469 e. The molecule has 0 aliphatic carbocycles. The number of carbonyl (C=O) groups is 1. The zero-order valence-corrected chi connectivity index (χ0v) is 11.1. The third-order valence-corrected chi connectivity index (χ3v) is 2.69. The number of benzene rings is 1. The summed E-state index contributed by atoms with van der Waals surface area (Å²) in [6.45, 7) is 1.47. The monoisotopic (exact) mass is 251 g/mol. The molecule has 0 amide bonds. The fraction of sp³-hybridized carbons (Fsp3) is 0.500. The molecule has 0 radical (unpaired) electrons. The van der Waals surface area contributed by atoms with E-state index in [1.807, 2.05) is 18.2 Å². The van der Waals surface area contributed by atoms with E-state index in [1.165, 1.54) is 12.7 Å². The highest BCUT2D eigenvalue weighted by molar-refractivity contribution is 5.69. The number of rotatable bonds is 8. The van der Waals surface area contributed by atoms with Crippen molar-refractivity contribution in [2.24, 2.45) is 0 Å². The number of hydrogen-bond acceptors (Lipinski definition) is 4. The lowest BCUT2D eigenvalue weighted by Crippen LogP contribution is -2.08. The normalized spacial score (nSPS) is 10.1. The molecule has 0 atom stereocenters. The molecule has 0 aliphatic rings. The van der Waals surface area contributed by atoms with Gasteiger partial charge in [0.25, 0.3) is 0 Å². The number of nitrogens with one attached hydrogen (secondary N) is 1. The maximum absolute atomic E-state index is 11.0. The van der Waals surface area contributed by atoms with E-state index in [2.05, 4.69) is 16.1 Å². The van der Waals surface area contributed by atoms with Crippen LogP contribution in [0.3, 0.4) is 0 Å². The molecule has 0 heterocycles. The molecule has 0 unspecified atom stereocenters. The minimum absolute atomic E-state index is 0.163. The standard InChI is InChI=1S/C14H21NO3/c1-17-11-9-12-6-3-4-7-13(12)15-10-5-8-14(16)18-2/h3-4,6-7,15H,5,8-11H2,1-2H3. The second kappa shape index (κ2) is 8.53. The van der Waals surface area contributed by atoms with E-state index in [0.29, 0.717) is 13.0 Å². The summed E-state index contributed by atoms with van der Waals surface area (Å²) in [4.78, 5) is 11.0. The molecule has 1 N–H and O–H groups in total. The molecule has 100 valence electrons. The molecular formula is C14H21NO3. The van der Waals surface area contributed by atoms with Crippen molar-refractivity contribution in [3.05, 3.63) is 29.8 Å². The highest BCUT2D eigenvalue weighted by Gasteiger charge is 2.02. The highest BCUT2D eigenvalue weighted by atomic mass is 16.5. The van der Waals surface area contributed by atoms with Crippen LogP contribution >= 0.6 is 0 Å². The lowest BCUT2D eigenvalue weighted by atomic mass is 10.1. The SMILES string of the molecule is COCCc1ccccc1NCCCC(=O)OC. The van der Waals surface area contributed by atoms with Gasteiger partial charge >= 0.3 is 5.97 Å². The summed E-state index contributed by atoms with van der Waals surface area (Å²) in [5, 5.41) is 3.34. The minimum atomic E-state index is -0.163. The van der Waals surface area contributed by atoms with Gasteiger partial charge in [0, 0.05) is 25.8 Å². The van der Waals surface area contributed by atoms with Crippen LogP contribution in [0.15, 0.2) is 24.3 Å². The van der Waals surface area contributed by atoms with E-state index in [-0.39, 0.29) is 5.97 Å². The molecule has 4 heteroatoms. The van der Waals surface area contributed by atoms with Crippen molar-refractivity contribution >= 4 is 11.7 Å². The van der Waals surface area contributed by atoms with Crippen LogP contribution < -0.4 is 5.32 Å². The lowest BCUT2D eigenvalue weighted by Gasteiger charge is -2.11. The van der Waals surface area contributed by atoms with E-state index in [0.717, 1.165) is 25.1 Å². The predicted octanol–water partition coefficient (Wildman–Crippen LogP) is 2.24. The average molecular weight is 251 g/mol. The summed E-state index contributed by atoms with van der Waals surface area (Å²) in [7, 11) is 3.11. The Morgan fingerprint density at radius 3 is 2.78 bits per heavy atom. The summed E-state index contributed by atoms with van der Waals surface area (Å²) < 4.78 is 9.68.